The maximum absolute atomic E-state index is 12.4. The normalized spacial score (nSPS) is 24.1. The van der Waals surface area contributed by atoms with E-state index < -0.39 is 12.6 Å². The summed E-state index contributed by atoms with van der Waals surface area (Å²) in [6, 6.07) is 11.7. The third kappa shape index (κ3) is 7.81. The van der Waals surface area contributed by atoms with Crippen LogP contribution in [0.15, 0.2) is 30.3 Å². The molecule has 0 aromatic heterocycles. The summed E-state index contributed by atoms with van der Waals surface area (Å²) in [5.41, 5.74) is 1.32. The Kier molecular flexibility index (Phi) is 9.86. The van der Waals surface area contributed by atoms with Gasteiger partial charge in [-0.25, -0.2) is 0 Å². The van der Waals surface area contributed by atoms with Crippen LogP contribution < -0.4 is 5.32 Å². The number of alkyl halides is 3. The van der Waals surface area contributed by atoms with Crippen molar-refractivity contribution in [3.8, 4) is 0 Å². The minimum absolute atomic E-state index is 0.177. The van der Waals surface area contributed by atoms with E-state index in [1.54, 1.807) is 0 Å². The molecule has 2 atom stereocenters. The summed E-state index contributed by atoms with van der Waals surface area (Å²) in [5, 5.41) is 3.03. The average molecular weight is 441 g/mol. The first-order valence-electron chi connectivity index (χ1n) is 11.8. The lowest BCUT2D eigenvalue weighted by atomic mass is 9.75. The van der Waals surface area contributed by atoms with Crippen molar-refractivity contribution in [1.29, 1.82) is 0 Å². The minimum Gasteiger partial charge on any atom is -0.356 e. The fourth-order valence-corrected chi connectivity index (χ4v) is 4.87. The largest absolute Gasteiger partial charge is 0.389 e. The molecule has 31 heavy (non-hydrogen) atoms. The van der Waals surface area contributed by atoms with Crippen molar-refractivity contribution in [1.82, 2.24) is 10.2 Å². The quantitative estimate of drug-likeness (QED) is 0.583. The van der Waals surface area contributed by atoms with E-state index in [0.717, 1.165) is 32.5 Å². The predicted molar refractivity (Wildman–Crippen MR) is 120 cm³/mol. The van der Waals surface area contributed by atoms with Crippen molar-refractivity contribution in [2.75, 3.05) is 19.6 Å². The highest BCUT2D eigenvalue weighted by Crippen LogP contribution is 2.40. The second-order valence-corrected chi connectivity index (χ2v) is 9.19. The molecule has 1 aliphatic carbocycles. The summed E-state index contributed by atoms with van der Waals surface area (Å²) >= 11 is 0. The Hall–Kier alpha value is -1.56. The standard InChI is InChI=1S/C21H32N2O.C4H7F3/c1-3-22-20(24)21(2)13-15-23(16-14-21)19-12-8-7-11-18(19)17-9-5-4-6-10-17;1-2-3-4(5,6)7/h4-6,9-10,18-19H,3,7-8,11-16H2,1-2H3,(H,22,24);2-3H2,1H3. The molecule has 1 amide bonds. The molecule has 1 aliphatic heterocycles. The summed E-state index contributed by atoms with van der Waals surface area (Å²) in [6.07, 6.45) is 2.84. The summed E-state index contributed by atoms with van der Waals surface area (Å²) in [5.74, 6) is 0.904. The Morgan fingerprint density at radius 2 is 1.71 bits per heavy atom. The van der Waals surface area contributed by atoms with Gasteiger partial charge in [0.1, 0.15) is 0 Å². The van der Waals surface area contributed by atoms with Crippen LogP contribution in [0.3, 0.4) is 0 Å². The summed E-state index contributed by atoms with van der Waals surface area (Å²) in [7, 11) is 0. The number of nitrogens with zero attached hydrogens (tertiary/aromatic N) is 1. The number of halogens is 3. The van der Waals surface area contributed by atoms with E-state index in [1.165, 1.54) is 38.2 Å². The van der Waals surface area contributed by atoms with Crippen LogP contribution >= 0.6 is 0 Å². The average Bonchev–Trinajstić information content (AvgIpc) is 2.75. The van der Waals surface area contributed by atoms with Gasteiger partial charge in [-0.05, 0) is 63.6 Å². The molecule has 1 saturated heterocycles. The minimum atomic E-state index is -3.95. The molecule has 2 aliphatic rings. The zero-order valence-corrected chi connectivity index (χ0v) is 19.3. The van der Waals surface area contributed by atoms with Crippen LogP contribution in [-0.2, 0) is 4.79 Å². The summed E-state index contributed by atoms with van der Waals surface area (Å²) < 4.78 is 33.2. The lowest BCUT2D eigenvalue weighted by Gasteiger charge is -2.46. The number of amides is 1. The maximum atomic E-state index is 12.4. The van der Waals surface area contributed by atoms with Gasteiger partial charge >= 0.3 is 6.18 Å². The lowest BCUT2D eigenvalue weighted by Crippen LogP contribution is -2.51. The third-order valence-corrected chi connectivity index (χ3v) is 6.75. The fraction of sp³-hybridized carbons (Fsp3) is 0.720. The first-order chi connectivity index (χ1) is 14.7. The van der Waals surface area contributed by atoms with Gasteiger partial charge in [0.15, 0.2) is 0 Å². The van der Waals surface area contributed by atoms with Crippen molar-refractivity contribution in [3.63, 3.8) is 0 Å². The van der Waals surface area contributed by atoms with E-state index in [-0.39, 0.29) is 17.7 Å². The van der Waals surface area contributed by atoms with E-state index in [4.69, 9.17) is 0 Å². The molecule has 0 radical (unpaired) electrons. The van der Waals surface area contributed by atoms with E-state index in [1.807, 2.05) is 6.92 Å². The van der Waals surface area contributed by atoms with Crippen LogP contribution in [0.4, 0.5) is 13.2 Å². The van der Waals surface area contributed by atoms with Gasteiger partial charge < -0.3 is 5.32 Å². The number of rotatable bonds is 5. The van der Waals surface area contributed by atoms with Gasteiger partial charge in [0.05, 0.1) is 0 Å². The molecule has 3 nitrogen and oxygen atoms in total. The second-order valence-electron chi connectivity index (χ2n) is 9.19. The predicted octanol–water partition coefficient (Wildman–Crippen LogP) is 6.30. The monoisotopic (exact) mass is 440 g/mol. The summed E-state index contributed by atoms with van der Waals surface area (Å²) in [6.45, 7) is 8.50. The molecule has 1 aromatic rings. The van der Waals surface area contributed by atoms with Gasteiger partial charge in [0.2, 0.25) is 5.91 Å². The number of carbonyl (C=O) groups excluding carboxylic acids is 1. The zero-order valence-electron chi connectivity index (χ0n) is 19.3. The number of carbonyl (C=O) groups is 1. The van der Waals surface area contributed by atoms with Crippen LogP contribution in [0.2, 0.25) is 0 Å². The van der Waals surface area contributed by atoms with Crippen molar-refractivity contribution in [3.05, 3.63) is 35.9 Å². The number of hydrogen-bond donors (Lipinski definition) is 1. The van der Waals surface area contributed by atoms with E-state index >= 15 is 0 Å². The molecule has 1 heterocycles. The Balaban J connectivity index is 0.000000423. The number of piperidine rings is 1. The first kappa shape index (κ1) is 25.7. The molecule has 6 heteroatoms. The molecule has 2 unspecified atom stereocenters. The number of hydrogen-bond acceptors (Lipinski definition) is 2. The van der Waals surface area contributed by atoms with Crippen LogP contribution in [0, 0.1) is 5.41 Å². The number of likely N-dealkylation sites (tertiary alicyclic amines) is 1. The van der Waals surface area contributed by atoms with Gasteiger partial charge in [-0.3, -0.25) is 9.69 Å². The molecule has 0 spiro atoms. The smallest absolute Gasteiger partial charge is 0.356 e. The van der Waals surface area contributed by atoms with Crippen molar-refractivity contribution >= 4 is 5.91 Å². The Morgan fingerprint density at radius 3 is 2.23 bits per heavy atom. The number of nitrogens with one attached hydrogen (secondary N) is 1. The zero-order chi connectivity index (χ0) is 22.9. The van der Waals surface area contributed by atoms with E-state index in [0.29, 0.717) is 12.0 Å². The molecule has 1 aromatic carbocycles. The Morgan fingerprint density at radius 1 is 1.10 bits per heavy atom. The van der Waals surface area contributed by atoms with Crippen molar-refractivity contribution in [2.45, 2.75) is 90.3 Å². The number of benzene rings is 1. The topological polar surface area (TPSA) is 32.3 Å². The molecule has 1 N–H and O–H groups in total. The van der Waals surface area contributed by atoms with E-state index in [9.17, 15) is 18.0 Å². The SMILES string of the molecule is CCCC(F)(F)F.CCNC(=O)C1(C)CCN(C2CCCCC2c2ccccc2)CC1. The van der Waals surface area contributed by atoms with Crippen molar-refractivity contribution in [2.24, 2.45) is 5.41 Å². The third-order valence-electron chi connectivity index (χ3n) is 6.75. The molecule has 0 bridgehead atoms. The van der Waals surface area contributed by atoms with Crippen molar-refractivity contribution < 1.29 is 18.0 Å². The highest BCUT2D eigenvalue weighted by molar-refractivity contribution is 5.82. The molecule has 3 rings (SSSR count). The van der Waals surface area contributed by atoms with Gasteiger partial charge in [-0.2, -0.15) is 13.2 Å². The Bertz CT molecular complexity index is 654. The lowest BCUT2D eigenvalue weighted by molar-refractivity contribution is -0.135. The molecular weight excluding hydrogens is 401 g/mol. The first-order valence-corrected chi connectivity index (χ1v) is 11.8. The maximum Gasteiger partial charge on any atom is 0.389 e. The van der Waals surface area contributed by atoms with Crippen LogP contribution in [0.5, 0.6) is 0 Å². The summed E-state index contributed by atoms with van der Waals surface area (Å²) in [4.78, 5) is 15.0. The second kappa shape index (κ2) is 11.9. The van der Waals surface area contributed by atoms with Crippen LogP contribution in [0.1, 0.15) is 83.6 Å². The van der Waals surface area contributed by atoms with E-state index in [2.05, 4.69) is 47.5 Å². The molecule has 1 saturated carbocycles. The van der Waals surface area contributed by atoms with Gasteiger partial charge in [0, 0.05) is 24.4 Å². The molecule has 2 fully saturated rings. The molecule has 176 valence electrons. The highest BCUT2D eigenvalue weighted by atomic mass is 19.4. The highest BCUT2D eigenvalue weighted by Gasteiger charge is 2.40. The van der Waals surface area contributed by atoms with Gasteiger partial charge in [0.25, 0.3) is 0 Å². The van der Waals surface area contributed by atoms with Gasteiger partial charge in [-0.1, -0.05) is 57.0 Å². The Labute approximate surface area is 185 Å². The van der Waals surface area contributed by atoms with Crippen LogP contribution in [0.25, 0.3) is 0 Å². The van der Waals surface area contributed by atoms with Gasteiger partial charge in [-0.15, -0.1) is 0 Å². The molecular formula is C25H39F3N2O. The van der Waals surface area contributed by atoms with Crippen LogP contribution in [-0.4, -0.2) is 42.7 Å². The fourth-order valence-electron chi connectivity index (χ4n) is 4.87.